The number of methoxy groups -OCH3 is 2. The van der Waals surface area contributed by atoms with Gasteiger partial charge in [0.2, 0.25) is 5.88 Å². The van der Waals surface area contributed by atoms with E-state index in [-0.39, 0.29) is 0 Å². The van der Waals surface area contributed by atoms with Gasteiger partial charge in [-0.3, -0.25) is 0 Å². The molecule has 0 radical (unpaired) electrons. The van der Waals surface area contributed by atoms with Crippen molar-refractivity contribution in [3.8, 4) is 11.6 Å². The standard InChI is InChI=1S/C13H16N2O2/c1-16-11-4-3-9-7-10(5-6-14)13(17-2)15-12(9)8-11/h3-4,7-8H,5-6,14H2,1-2H3. The topological polar surface area (TPSA) is 57.4 Å². The van der Waals surface area contributed by atoms with Crippen molar-refractivity contribution in [1.82, 2.24) is 4.98 Å². The van der Waals surface area contributed by atoms with E-state index in [9.17, 15) is 0 Å². The minimum atomic E-state index is 0.583. The highest BCUT2D eigenvalue weighted by Gasteiger charge is 2.07. The van der Waals surface area contributed by atoms with Gasteiger partial charge in [0.25, 0.3) is 0 Å². The van der Waals surface area contributed by atoms with E-state index in [2.05, 4.69) is 11.1 Å². The van der Waals surface area contributed by atoms with Crippen LogP contribution in [0.1, 0.15) is 5.56 Å². The van der Waals surface area contributed by atoms with Crippen LogP contribution in [-0.4, -0.2) is 25.7 Å². The Bertz CT molecular complexity index is 526. The Kier molecular flexibility index (Phi) is 3.44. The molecule has 0 amide bonds. The fourth-order valence-corrected chi connectivity index (χ4v) is 1.81. The van der Waals surface area contributed by atoms with Gasteiger partial charge < -0.3 is 15.2 Å². The van der Waals surface area contributed by atoms with Crippen LogP contribution in [0.4, 0.5) is 0 Å². The van der Waals surface area contributed by atoms with Gasteiger partial charge in [0.05, 0.1) is 19.7 Å². The van der Waals surface area contributed by atoms with Gasteiger partial charge >= 0.3 is 0 Å². The first-order valence-electron chi connectivity index (χ1n) is 5.50. The minimum Gasteiger partial charge on any atom is -0.497 e. The molecule has 1 aromatic carbocycles. The smallest absolute Gasteiger partial charge is 0.216 e. The number of hydrogen-bond acceptors (Lipinski definition) is 4. The van der Waals surface area contributed by atoms with Crippen LogP contribution in [0, 0.1) is 0 Å². The Morgan fingerprint density at radius 1 is 1.18 bits per heavy atom. The summed E-state index contributed by atoms with van der Waals surface area (Å²) >= 11 is 0. The molecule has 0 spiro atoms. The molecule has 0 atom stereocenters. The zero-order valence-electron chi connectivity index (χ0n) is 10.1. The summed E-state index contributed by atoms with van der Waals surface area (Å²) in [6.45, 7) is 0.583. The molecule has 90 valence electrons. The molecule has 0 unspecified atom stereocenters. The first-order chi connectivity index (χ1) is 8.28. The fraction of sp³-hybridized carbons (Fsp3) is 0.308. The summed E-state index contributed by atoms with van der Waals surface area (Å²) in [5.74, 6) is 1.43. The Balaban J connectivity index is 2.56. The van der Waals surface area contributed by atoms with Crippen LogP contribution in [0.5, 0.6) is 11.6 Å². The summed E-state index contributed by atoms with van der Waals surface area (Å²) in [5, 5.41) is 1.06. The zero-order chi connectivity index (χ0) is 12.3. The molecule has 1 heterocycles. The molecule has 2 rings (SSSR count). The quantitative estimate of drug-likeness (QED) is 0.872. The van der Waals surface area contributed by atoms with E-state index < -0.39 is 0 Å². The first-order valence-corrected chi connectivity index (χ1v) is 5.50. The normalized spacial score (nSPS) is 10.5. The largest absolute Gasteiger partial charge is 0.497 e. The average Bonchev–Trinajstić information content (AvgIpc) is 2.37. The summed E-state index contributed by atoms with van der Waals surface area (Å²) < 4.78 is 10.4. The van der Waals surface area contributed by atoms with Gasteiger partial charge in [-0.1, -0.05) is 0 Å². The molecule has 0 fully saturated rings. The molecule has 0 saturated heterocycles. The molecule has 0 saturated carbocycles. The zero-order valence-corrected chi connectivity index (χ0v) is 10.1. The van der Waals surface area contributed by atoms with Crippen molar-refractivity contribution in [2.45, 2.75) is 6.42 Å². The maximum absolute atomic E-state index is 5.57. The van der Waals surface area contributed by atoms with Gasteiger partial charge in [0.15, 0.2) is 0 Å². The molecule has 1 aromatic heterocycles. The summed E-state index contributed by atoms with van der Waals surface area (Å²) in [5.41, 5.74) is 7.47. The van der Waals surface area contributed by atoms with E-state index >= 15 is 0 Å². The van der Waals surface area contributed by atoms with E-state index in [0.717, 1.165) is 28.6 Å². The third-order valence-electron chi connectivity index (χ3n) is 2.67. The van der Waals surface area contributed by atoms with E-state index in [4.69, 9.17) is 15.2 Å². The number of nitrogens with zero attached hydrogens (tertiary/aromatic N) is 1. The van der Waals surface area contributed by atoms with Crippen molar-refractivity contribution in [2.24, 2.45) is 5.73 Å². The van der Waals surface area contributed by atoms with Crippen molar-refractivity contribution in [2.75, 3.05) is 20.8 Å². The number of nitrogens with two attached hydrogens (primary N) is 1. The van der Waals surface area contributed by atoms with Crippen LogP contribution in [0.25, 0.3) is 10.9 Å². The Labute approximate surface area is 100 Å². The Morgan fingerprint density at radius 3 is 2.65 bits per heavy atom. The van der Waals surface area contributed by atoms with Gasteiger partial charge in [0, 0.05) is 17.0 Å². The summed E-state index contributed by atoms with van der Waals surface area (Å²) in [6, 6.07) is 7.86. The van der Waals surface area contributed by atoms with E-state index in [1.807, 2.05) is 18.2 Å². The number of aromatic nitrogens is 1. The van der Waals surface area contributed by atoms with E-state index in [1.54, 1.807) is 14.2 Å². The maximum Gasteiger partial charge on any atom is 0.216 e. The van der Waals surface area contributed by atoms with Crippen LogP contribution in [-0.2, 0) is 6.42 Å². The highest BCUT2D eigenvalue weighted by Crippen LogP contribution is 2.25. The van der Waals surface area contributed by atoms with Gasteiger partial charge in [-0.25, -0.2) is 4.98 Å². The van der Waals surface area contributed by atoms with Crippen LogP contribution in [0.15, 0.2) is 24.3 Å². The molecule has 0 aliphatic rings. The van der Waals surface area contributed by atoms with Crippen LogP contribution in [0.3, 0.4) is 0 Å². The number of hydrogen-bond donors (Lipinski definition) is 1. The predicted octanol–water partition coefficient (Wildman–Crippen LogP) is 1.75. The lowest BCUT2D eigenvalue weighted by atomic mass is 10.1. The minimum absolute atomic E-state index is 0.583. The van der Waals surface area contributed by atoms with Crippen LogP contribution >= 0.6 is 0 Å². The highest BCUT2D eigenvalue weighted by molar-refractivity contribution is 5.81. The van der Waals surface area contributed by atoms with Gasteiger partial charge in [-0.05, 0) is 31.2 Å². The van der Waals surface area contributed by atoms with Crippen molar-refractivity contribution < 1.29 is 9.47 Å². The SMILES string of the molecule is COc1ccc2cc(CCN)c(OC)nc2c1. The van der Waals surface area contributed by atoms with Crippen molar-refractivity contribution in [3.63, 3.8) is 0 Å². The monoisotopic (exact) mass is 232 g/mol. The van der Waals surface area contributed by atoms with E-state index in [1.165, 1.54) is 0 Å². The molecule has 0 aliphatic heterocycles. The molecule has 2 aromatic rings. The maximum atomic E-state index is 5.57. The predicted molar refractivity (Wildman–Crippen MR) is 67.6 cm³/mol. The average molecular weight is 232 g/mol. The number of pyridine rings is 1. The summed E-state index contributed by atoms with van der Waals surface area (Å²) in [6.07, 6.45) is 0.762. The number of benzene rings is 1. The second-order valence-electron chi connectivity index (χ2n) is 3.75. The third-order valence-corrected chi connectivity index (χ3v) is 2.67. The molecule has 2 N–H and O–H groups in total. The number of rotatable bonds is 4. The Hall–Kier alpha value is -1.81. The van der Waals surface area contributed by atoms with Gasteiger partial charge in [-0.15, -0.1) is 0 Å². The third kappa shape index (κ3) is 2.31. The molecular formula is C13H16N2O2. The Morgan fingerprint density at radius 2 is 2.00 bits per heavy atom. The molecule has 0 bridgehead atoms. The summed E-state index contributed by atoms with van der Waals surface area (Å²) in [4.78, 5) is 4.46. The molecule has 4 heteroatoms. The van der Waals surface area contributed by atoms with Gasteiger partial charge in [-0.2, -0.15) is 0 Å². The van der Waals surface area contributed by atoms with Crippen molar-refractivity contribution in [3.05, 3.63) is 29.8 Å². The van der Waals surface area contributed by atoms with Crippen LogP contribution < -0.4 is 15.2 Å². The molecule has 0 aliphatic carbocycles. The van der Waals surface area contributed by atoms with Crippen LogP contribution in [0.2, 0.25) is 0 Å². The lowest BCUT2D eigenvalue weighted by Crippen LogP contribution is -2.05. The molecule has 4 nitrogen and oxygen atoms in total. The van der Waals surface area contributed by atoms with Crippen molar-refractivity contribution in [1.29, 1.82) is 0 Å². The lowest BCUT2D eigenvalue weighted by Gasteiger charge is -2.09. The fourth-order valence-electron chi connectivity index (χ4n) is 1.81. The number of fused-ring (bicyclic) bond motifs is 1. The number of ether oxygens (including phenoxy) is 2. The second-order valence-corrected chi connectivity index (χ2v) is 3.75. The summed E-state index contributed by atoms with van der Waals surface area (Å²) in [7, 11) is 3.26. The lowest BCUT2D eigenvalue weighted by molar-refractivity contribution is 0.394. The molecular weight excluding hydrogens is 216 g/mol. The van der Waals surface area contributed by atoms with Gasteiger partial charge in [0.1, 0.15) is 5.75 Å². The highest BCUT2D eigenvalue weighted by atomic mass is 16.5. The molecule has 17 heavy (non-hydrogen) atoms. The second kappa shape index (κ2) is 5.01. The van der Waals surface area contributed by atoms with Crippen molar-refractivity contribution >= 4 is 10.9 Å². The van der Waals surface area contributed by atoms with E-state index in [0.29, 0.717) is 12.4 Å². The first kappa shape index (κ1) is 11.7.